The summed E-state index contributed by atoms with van der Waals surface area (Å²) in [6, 6.07) is 29.0. The van der Waals surface area contributed by atoms with E-state index in [2.05, 4.69) is 16.2 Å². The molecule has 3 amide bonds. The highest BCUT2D eigenvalue weighted by Gasteiger charge is 2.08. The number of benzene rings is 4. The normalized spacial score (nSPS) is 10.7. The minimum absolute atomic E-state index is 0.238. The second-order valence-corrected chi connectivity index (χ2v) is 7.24. The molecular weight excluding hydrogens is 414 g/mol. The van der Waals surface area contributed by atoms with E-state index in [1.807, 2.05) is 48.5 Å². The fourth-order valence-corrected chi connectivity index (χ4v) is 3.29. The summed E-state index contributed by atoms with van der Waals surface area (Å²) in [5.41, 5.74) is 7.10. The summed E-state index contributed by atoms with van der Waals surface area (Å²) in [4.78, 5) is 36.7. The lowest BCUT2D eigenvalue weighted by molar-refractivity contribution is -0.117. The van der Waals surface area contributed by atoms with Gasteiger partial charge in [0.2, 0.25) is 0 Å². The van der Waals surface area contributed by atoms with Crippen molar-refractivity contribution in [3.05, 3.63) is 120 Å². The molecule has 0 saturated heterocycles. The second kappa shape index (κ2) is 10.1. The first kappa shape index (κ1) is 21.5. The van der Waals surface area contributed by atoms with Crippen LogP contribution in [0.4, 0.5) is 5.69 Å². The fraction of sp³-hybridized carbons (Fsp3) is 0. The average Bonchev–Trinajstić information content (AvgIpc) is 2.87. The molecule has 0 unspecified atom stereocenters. The van der Waals surface area contributed by atoms with E-state index in [9.17, 15) is 14.4 Å². The number of carbonyl (C=O) groups is 3. The maximum absolute atomic E-state index is 12.3. The number of anilines is 1. The SMILES string of the molecule is O=C(/C=C/c1cccc2ccccc12)NNC(=O)c1ccc(NC(=O)c2ccccc2)cc1. The lowest BCUT2D eigenvalue weighted by Gasteiger charge is -2.08. The van der Waals surface area contributed by atoms with Crippen molar-refractivity contribution < 1.29 is 14.4 Å². The van der Waals surface area contributed by atoms with Crippen LogP contribution in [0.1, 0.15) is 26.3 Å². The van der Waals surface area contributed by atoms with Crippen molar-refractivity contribution in [3.8, 4) is 0 Å². The Kier molecular flexibility index (Phi) is 6.56. The summed E-state index contributed by atoms with van der Waals surface area (Å²) in [5, 5.41) is 4.89. The predicted molar refractivity (Wildman–Crippen MR) is 129 cm³/mol. The number of hydrogen-bond donors (Lipinski definition) is 3. The van der Waals surface area contributed by atoms with E-state index in [1.165, 1.54) is 6.08 Å². The van der Waals surface area contributed by atoms with Gasteiger partial charge in [-0.3, -0.25) is 25.2 Å². The number of fused-ring (bicyclic) bond motifs is 1. The third-order valence-electron chi connectivity index (χ3n) is 4.98. The number of amides is 3. The van der Waals surface area contributed by atoms with Gasteiger partial charge in [0.25, 0.3) is 17.7 Å². The molecule has 4 aromatic rings. The average molecular weight is 435 g/mol. The summed E-state index contributed by atoms with van der Waals surface area (Å²) < 4.78 is 0. The highest BCUT2D eigenvalue weighted by molar-refractivity contribution is 6.04. The van der Waals surface area contributed by atoms with E-state index in [-0.39, 0.29) is 5.91 Å². The number of hydrogen-bond acceptors (Lipinski definition) is 3. The molecule has 0 spiro atoms. The van der Waals surface area contributed by atoms with Crippen molar-refractivity contribution in [2.45, 2.75) is 0 Å². The monoisotopic (exact) mass is 435 g/mol. The third kappa shape index (κ3) is 5.51. The van der Waals surface area contributed by atoms with E-state index in [1.54, 1.807) is 54.6 Å². The molecule has 3 N–H and O–H groups in total. The maximum atomic E-state index is 12.3. The van der Waals surface area contributed by atoms with Gasteiger partial charge in [0.15, 0.2) is 0 Å². The first-order valence-electron chi connectivity index (χ1n) is 10.3. The lowest BCUT2D eigenvalue weighted by Crippen LogP contribution is -2.40. The molecule has 0 bridgehead atoms. The quantitative estimate of drug-likeness (QED) is 0.317. The number of hydrazine groups is 1. The molecule has 162 valence electrons. The Balaban J connectivity index is 1.31. The van der Waals surface area contributed by atoms with Gasteiger partial charge in [0.1, 0.15) is 0 Å². The molecule has 0 saturated carbocycles. The van der Waals surface area contributed by atoms with Crippen molar-refractivity contribution in [3.63, 3.8) is 0 Å². The summed E-state index contributed by atoms with van der Waals surface area (Å²) in [6.07, 6.45) is 3.07. The van der Waals surface area contributed by atoms with Crippen LogP contribution in [0.2, 0.25) is 0 Å². The molecule has 0 atom stereocenters. The van der Waals surface area contributed by atoms with Gasteiger partial charge in [-0.25, -0.2) is 0 Å². The van der Waals surface area contributed by atoms with Crippen LogP contribution >= 0.6 is 0 Å². The molecule has 0 heterocycles. The molecule has 0 aliphatic heterocycles. The molecular formula is C27H21N3O3. The van der Waals surface area contributed by atoms with E-state index < -0.39 is 11.8 Å². The van der Waals surface area contributed by atoms with Crippen molar-refractivity contribution in [2.24, 2.45) is 0 Å². The Hall–Kier alpha value is -4.71. The van der Waals surface area contributed by atoms with Gasteiger partial charge < -0.3 is 5.32 Å². The smallest absolute Gasteiger partial charge is 0.269 e. The van der Waals surface area contributed by atoms with Gasteiger partial charge >= 0.3 is 0 Å². The molecule has 0 aliphatic rings. The van der Waals surface area contributed by atoms with Gasteiger partial charge in [-0.15, -0.1) is 0 Å². The van der Waals surface area contributed by atoms with Gasteiger partial charge in [0.05, 0.1) is 0 Å². The van der Waals surface area contributed by atoms with Crippen LogP contribution in [0, 0.1) is 0 Å². The summed E-state index contributed by atoms with van der Waals surface area (Å²) in [6.45, 7) is 0. The van der Waals surface area contributed by atoms with Gasteiger partial charge in [-0.05, 0) is 58.8 Å². The zero-order chi connectivity index (χ0) is 23.0. The van der Waals surface area contributed by atoms with Crippen LogP contribution in [-0.2, 0) is 4.79 Å². The lowest BCUT2D eigenvalue weighted by atomic mass is 10.0. The molecule has 4 aromatic carbocycles. The molecule has 0 fully saturated rings. The first-order chi connectivity index (χ1) is 16.1. The third-order valence-corrected chi connectivity index (χ3v) is 4.98. The van der Waals surface area contributed by atoms with Crippen molar-refractivity contribution in [2.75, 3.05) is 5.32 Å². The van der Waals surface area contributed by atoms with Gasteiger partial charge in [-0.2, -0.15) is 0 Å². The minimum Gasteiger partial charge on any atom is -0.322 e. The molecule has 33 heavy (non-hydrogen) atoms. The van der Waals surface area contributed by atoms with E-state index in [0.29, 0.717) is 16.8 Å². The molecule has 0 aliphatic carbocycles. The van der Waals surface area contributed by atoms with Crippen LogP contribution in [0.3, 0.4) is 0 Å². The van der Waals surface area contributed by atoms with Crippen LogP contribution < -0.4 is 16.2 Å². The summed E-state index contributed by atoms with van der Waals surface area (Å²) in [7, 11) is 0. The first-order valence-corrected chi connectivity index (χ1v) is 10.3. The Bertz CT molecular complexity index is 1320. The standard InChI is InChI=1S/C27H21N3O3/c31-25(18-15-20-11-6-10-19-7-4-5-12-24(19)20)29-30-27(33)22-13-16-23(17-14-22)28-26(32)21-8-2-1-3-9-21/h1-18H,(H,28,32)(H,29,31)(H,30,33)/b18-15+. The highest BCUT2D eigenvalue weighted by Crippen LogP contribution is 2.19. The van der Waals surface area contributed by atoms with Crippen LogP contribution in [0.25, 0.3) is 16.8 Å². The van der Waals surface area contributed by atoms with E-state index in [0.717, 1.165) is 16.3 Å². The molecule has 0 aromatic heterocycles. The fourth-order valence-electron chi connectivity index (χ4n) is 3.29. The second-order valence-electron chi connectivity index (χ2n) is 7.24. The number of rotatable bonds is 5. The maximum Gasteiger partial charge on any atom is 0.269 e. The Labute approximate surface area is 190 Å². The van der Waals surface area contributed by atoms with Gasteiger partial charge in [0, 0.05) is 22.9 Å². The predicted octanol–water partition coefficient (Wildman–Crippen LogP) is 4.57. The van der Waals surface area contributed by atoms with Crippen LogP contribution in [-0.4, -0.2) is 17.7 Å². The Morgan fingerprint density at radius 2 is 1.27 bits per heavy atom. The van der Waals surface area contributed by atoms with Crippen molar-refractivity contribution in [1.82, 2.24) is 10.9 Å². The van der Waals surface area contributed by atoms with Gasteiger partial charge in [-0.1, -0.05) is 60.7 Å². The Morgan fingerprint density at radius 1 is 0.606 bits per heavy atom. The molecule has 6 nitrogen and oxygen atoms in total. The highest BCUT2D eigenvalue weighted by atomic mass is 16.2. The van der Waals surface area contributed by atoms with Crippen LogP contribution in [0.5, 0.6) is 0 Å². The summed E-state index contributed by atoms with van der Waals surface area (Å²) in [5.74, 6) is -1.16. The largest absolute Gasteiger partial charge is 0.322 e. The zero-order valence-corrected chi connectivity index (χ0v) is 17.6. The van der Waals surface area contributed by atoms with Crippen molar-refractivity contribution >= 4 is 40.3 Å². The Morgan fingerprint density at radius 3 is 2.06 bits per heavy atom. The molecule has 6 heteroatoms. The van der Waals surface area contributed by atoms with E-state index in [4.69, 9.17) is 0 Å². The topological polar surface area (TPSA) is 87.3 Å². The number of carbonyl (C=O) groups excluding carboxylic acids is 3. The minimum atomic E-state index is -0.470. The summed E-state index contributed by atoms with van der Waals surface area (Å²) >= 11 is 0. The number of nitrogens with one attached hydrogen (secondary N) is 3. The molecule has 0 radical (unpaired) electrons. The van der Waals surface area contributed by atoms with Crippen LogP contribution in [0.15, 0.2) is 103 Å². The van der Waals surface area contributed by atoms with Crippen molar-refractivity contribution in [1.29, 1.82) is 0 Å². The van der Waals surface area contributed by atoms with E-state index >= 15 is 0 Å². The zero-order valence-electron chi connectivity index (χ0n) is 17.6. The molecule has 4 rings (SSSR count).